The van der Waals surface area contributed by atoms with Gasteiger partial charge < -0.3 is 24.3 Å². The highest BCUT2D eigenvalue weighted by Gasteiger charge is 2.41. The van der Waals surface area contributed by atoms with Crippen LogP contribution in [0.15, 0.2) is 42.5 Å². The molecule has 2 aliphatic rings. The molecule has 5 heteroatoms. The van der Waals surface area contributed by atoms with Crippen molar-refractivity contribution >= 4 is 0 Å². The van der Waals surface area contributed by atoms with Crippen molar-refractivity contribution in [3.8, 4) is 17.2 Å². The van der Waals surface area contributed by atoms with Gasteiger partial charge >= 0.3 is 0 Å². The summed E-state index contributed by atoms with van der Waals surface area (Å²) >= 11 is 0. The van der Waals surface area contributed by atoms with E-state index in [0.29, 0.717) is 12.7 Å². The largest absolute Gasteiger partial charge is 0.496 e. The standard InChI is InChI=1S/C25H33NO4/c1-18(2)24-15-25(11-13-28-24,20-6-4-5-7-21(20)27-3)10-12-26-16-19-8-9-22-23(14-19)30-17-29-22/h4-9,14,18,24,26H,10-13,15-17H2,1-3H3/p+1/t24-,25-/m0/s1. The van der Waals surface area contributed by atoms with Crippen molar-refractivity contribution in [2.45, 2.75) is 51.2 Å². The molecule has 0 saturated carbocycles. The van der Waals surface area contributed by atoms with E-state index in [1.807, 2.05) is 6.07 Å². The molecule has 0 aliphatic carbocycles. The van der Waals surface area contributed by atoms with Crippen LogP contribution in [0.5, 0.6) is 17.2 Å². The molecule has 0 aromatic heterocycles. The molecule has 0 radical (unpaired) electrons. The molecule has 2 aromatic carbocycles. The van der Waals surface area contributed by atoms with Crippen LogP contribution in [0.4, 0.5) is 0 Å². The minimum Gasteiger partial charge on any atom is -0.496 e. The highest BCUT2D eigenvalue weighted by molar-refractivity contribution is 5.44. The first-order valence-corrected chi connectivity index (χ1v) is 11.1. The summed E-state index contributed by atoms with van der Waals surface area (Å²) in [5.41, 5.74) is 2.68. The van der Waals surface area contributed by atoms with Gasteiger partial charge in [-0.1, -0.05) is 32.0 Å². The van der Waals surface area contributed by atoms with Gasteiger partial charge in [-0.05, 0) is 43.0 Å². The number of hydrogen-bond acceptors (Lipinski definition) is 4. The maximum atomic E-state index is 6.13. The van der Waals surface area contributed by atoms with Crippen molar-refractivity contribution in [3.05, 3.63) is 53.6 Å². The van der Waals surface area contributed by atoms with Crippen molar-refractivity contribution in [3.63, 3.8) is 0 Å². The molecule has 1 saturated heterocycles. The summed E-state index contributed by atoms with van der Waals surface area (Å²) in [5.74, 6) is 3.21. The lowest BCUT2D eigenvalue weighted by molar-refractivity contribution is -0.672. The number of methoxy groups -OCH3 is 1. The number of fused-ring (bicyclic) bond motifs is 1. The number of ether oxygens (including phenoxy) is 4. The molecule has 0 unspecified atom stereocenters. The van der Waals surface area contributed by atoms with E-state index < -0.39 is 0 Å². The van der Waals surface area contributed by atoms with Crippen molar-refractivity contribution in [1.82, 2.24) is 0 Å². The molecule has 2 atom stereocenters. The summed E-state index contributed by atoms with van der Waals surface area (Å²) in [4.78, 5) is 0. The molecule has 5 nitrogen and oxygen atoms in total. The van der Waals surface area contributed by atoms with E-state index in [1.165, 1.54) is 11.1 Å². The Kier molecular flexibility index (Phi) is 6.49. The Morgan fingerprint density at radius 3 is 2.80 bits per heavy atom. The van der Waals surface area contributed by atoms with Crippen LogP contribution >= 0.6 is 0 Å². The quantitative estimate of drug-likeness (QED) is 0.673. The summed E-state index contributed by atoms with van der Waals surface area (Å²) in [6, 6.07) is 14.8. The number of quaternary nitrogens is 1. The molecule has 0 bridgehead atoms. The predicted molar refractivity (Wildman–Crippen MR) is 116 cm³/mol. The third-order valence-electron chi connectivity index (χ3n) is 6.57. The van der Waals surface area contributed by atoms with Gasteiger partial charge in [0.1, 0.15) is 12.3 Å². The van der Waals surface area contributed by atoms with E-state index in [1.54, 1.807) is 7.11 Å². The van der Waals surface area contributed by atoms with Gasteiger partial charge in [0, 0.05) is 29.6 Å². The van der Waals surface area contributed by atoms with E-state index in [2.05, 4.69) is 55.6 Å². The van der Waals surface area contributed by atoms with Gasteiger partial charge in [-0.2, -0.15) is 0 Å². The molecule has 30 heavy (non-hydrogen) atoms. The summed E-state index contributed by atoms with van der Waals surface area (Å²) in [6.45, 7) is 7.63. The second-order valence-corrected chi connectivity index (χ2v) is 8.81. The Labute approximate surface area is 179 Å². The fourth-order valence-corrected chi connectivity index (χ4v) is 4.78. The lowest BCUT2D eigenvalue weighted by atomic mass is 9.68. The van der Waals surface area contributed by atoms with Gasteiger partial charge in [-0.15, -0.1) is 0 Å². The van der Waals surface area contributed by atoms with Crippen LogP contribution in [-0.2, 0) is 16.7 Å². The lowest BCUT2D eigenvalue weighted by Gasteiger charge is -2.43. The first-order valence-electron chi connectivity index (χ1n) is 11.1. The SMILES string of the molecule is COc1ccccc1[C@@]1(CC[NH2+]Cc2ccc3c(c2)OCO3)CCO[C@H](C(C)C)C1. The van der Waals surface area contributed by atoms with Crippen LogP contribution in [-0.4, -0.2) is 33.2 Å². The summed E-state index contributed by atoms with van der Waals surface area (Å²) in [7, 11) is 1.78. The molecular formula is C25H34NO4+. The maximum Gasteiger partial charge on any atom is 0.231 e. The highest BCUT2D eigenvalue weighted by atomic mass is 16.7. The monoisotopic (exact) mass is 412 g/mol. The molecule has 2 N–H and O–H groups in total. The minimum atomic E-state index is 0.0885. The molecule has 0 amide bonds. The molecular weight excluding hydrogens is 378 g/mol. The van der Waals surface area contributed by atoms with Crippen LogP contribution in [0.25, 0.3) is 0 Å². The summed E-state index contributed by atoms with van der Waals surface area (Å²) < 4.78 is 22.8. The second kappa shape index (κ2) is 9.27. The zero-order valence-corrected chi connectivity index (χ0v) is 18.4. The van der Waals surface area contributed by atoms with Gasteiger partial charge in [-0.25, -0.2) is 0 Å². The average Bonchev–Trinajstić information content (AvgIpc) is 3.25. The van der Waals surface area contributed by atoms with Crippen molar-refractivity contribution in [1.29, 1.82) is 0 Å². The van der Waals surface area contributed by atoms with Gasteiger partial charge in [0.2, 0.25) is 6.79 Å². The van der Waals surface area contributed by atoms with Crippen molar-refractivity contribution in [2.24, 2.45) is 5.92 Å². The van der Waals surface area contributed by atoms with E-state index in [9.17, 15) is 0 Å². The minimum absolute atomic E-state index is 0.0885. The van der Waals surface area contributed by atoms with E-state index >= 15 is 0 Å². The Bertz CT molecular complexity index is 853. The van der Waals surface area contributed by atoms with Crippen LogP contribution < -0.4 is 19.5 Å². The fourth-order valence-electron chi connectivity index (χ4n) is 4.78. The van der Waals surface area contributed by atoms with Crippen LogP contribution in [0.2, 0.25) is 0 Å². The third-order valence-corrected chi connectivity index (χ3v) is 6.57. The Balaban J connectivity index is 1.46. The fraction of sp³-hybridized carbons (Fsp3) is 0.520. The molecule has 0 spiro atoms. The molecule has 2 aliphatic heterocycles. The normalized spacial score (nSPS) is 23.0. The number of para-hydroxylation sites is 1. The highest BCUT2D eigenvalue weighted by Crippen LogP contribution is 2.45. The van der Waals surface area contributed by atoms with Gasteiger partial charge in [0.05, 0.1) is 19.8 Å². The summed E-state index contributed by atoms with van der Waals surface area (Å²) in [6.07, 6.45) is 3.47. The van der Waals surface area contributed by atoms with E-state index in [4.69, 9.17) is 18.9 Å². The van der Waals surface area contributed by atoms with Crippen LogP contribution in [0.3, 0.4) is 0 Å². The predicted octanol–water partition coefficient (Wildman–Crippen LogP) is 3.65. The number of rotatable bonds is 8. The average molecular weight is 413 g/mol. The lowest BCUT2D eigenvalue weighted by Crippen LogP contribution is -2.83. The van der Waals surface area contributed by atoms with Crippen molar-refractivity contribution in [2.75, 3.05) is 27.1 Å². The van der Waals surface area contributed by atoms with Gasteiger partial charge in [0.25, 0.3) is 0 Å². The van der Waals surface area contributed by atoms with Crippen LogP contribution in [0.1, 0.15) is 44.2 Å². The number of hydrogen-bond donors (Lipinski definition) is 1. The second-order valence-electron chi connectivity index (χ2n) is 8.81. The maximum absolute atomic E-state index is 6.13. The molecule has 162 valence electrons. The zero-order valence-electron chi connectivity index (χ0n) is 18.4. The zero-order chi connectivity index (χ0) is 21.0. The topological polar surface area (TPSA) is 53.5 Å². The van der Waals surface area contributed by atoms with Crippen LogP contribution in [0, 0.1) is 5.92 Å². The van der Waals surface area contributed by atoms with Crippen molar-refractivity contribution < 1.29 is 24.3 Å². The molecule has 2 heterocycles. The molecule has 4 rings (SSSR count). The number of benzene rings is 2. The number of nitrogens with two attached hydrogens (primary N) is 1. The van der Waals surface area contributed by atoms with E-state index in [0.717, 1.165) is 56.2 Å². The first kappa shape index (κ1) is 21.0. The van der Waals surface area contributed by atoms with E-state index in [-0.39, 0.29) is 11.5 Å². The Hall–Kier alpha value is -2.24. The Morgan fingerprint density at radius 1 is 1.13 bits per heavy atom. The van der Waals surface area contributed by atoms with Gasteiger partial charge in [-0.3, -0.25) is 0 Å². The summed E-state index contributed by atoms with van der Waals surface area (Å²) in [5, 5.41) is 2.40. The third kappa shape index (κ3) is 4.42. The first-order chi connectivity index (χ1) is 14.6. The Morgan fingerprint density at radius 2 is 1.97 bits per heavy atom. The smallest absolute Gasteiger partial charge is 0.231 e. The van der Waals surface area contributed by atoms with Gasteiger partial charge in [0.15, 0.2) is 11.5 Å². The molecule has 1 fully saturated rings. The molecule has 2 aromatic rings.